The molecule has 0 fully saturated rings. The number of anilines is 1. The Morgan fingerprint density at radius 3 is 2.44 bits per heavy atom. The van der Waals surface area contributed by atoms with E-state index >= 15 is 0 Å². The molecule has 1 amide bonds. The summed E-state index contributed by atoms with van der Waals surface area (Å²) >= 11 is 1.08. The van der Waals surface area contributed by atoms with E-state index in [9.17, 15) is 18.4 Å². The molecule has 0 saturated carbocycles. The van der Waals surface area contributed by atoms with E-state index in [0.717, 1.165) is 23.9 Å². The Morgan fingerprint density at radius 2 is 1.74 bits per heavy atom. The number of hydrogen-bond donors (Lipinski definition) is 1. The van der Waals surface area contributed by atoms with Gasteiger partial charge in [0.05, 0.1) is 10.9 Å². The fourth-order valence-corrected chi connectivity index (χ4v) is 4.13. The van der Waals surface area contributed by atoms with E-state index in [2.05, 4.69) is 15.5 Å². The molecule has 0 spiro atoms. The number of carbonyl (C=O) groups is 2. The predicted octanol–water partition coefficient (Wildman–Crippen LogP) is 5.53. The van der Waals surface area contributed by atoms with Crippen molar-refractivity contribution < 1.29 is 18.4 Å². The predicted molar refractivity (Wildman–Crippen MR) is 127 cm³/mol. The zero-order valence-corrected chi connectivity index (χ0v) is 19.1. The molecule has 1 heterocycles. The topological polar surface area (TPSA) is 76.9 Å². The van der Waals surface area contributed by atoms with Crippen LogP contribution in [0.1, 0.15) is 24.2 Å². The summed E-state index contributed by atoms with van der Waals surface area (Å²) in [7, 11) is 0. The third kappa shape index (κ3) is 5.04. The molecule has 0 bridgehead atoms. The number of nitrogens with zero attached hydrogens (tertiary/aromatic N) is 3. The zero-order valence-electron chi connectivity index (χ0n) is 18.3. The van der Waals surface area contributed by atoms with E-state index in [-0.39, 0.29) is 22.5 Å². The summed E-state index contributed by atoms with van der Waals surface area (Å²) in [6, 6.07) is 19.0. The highest BCUT2D eigenvalue weighted by atomic mass is 32.2. The molecule has 4 aromatic rings. The van der Waals surface area contributed by atoms with Gasteiger partial charge >= 0.3 is 0 Å². The van der Waals surface area contributed by atoms with Gasteiger partial charge in [-0.15, -0.1) is 10.2 Å². The van der Waals surface area contributed by atoms with E-state index in [1.807, 2.05) is 18.2 Å². The number of thioether (sulfide) groups is 1. The van der Waals surface area contributed by atoms with Crippen LogP contribution in [0.5, 0.6) is 0 Å². The Morgan fingerprint density at radius 1 is 0.971 bits per heavy atom. The van der Waals surface area contributed by atoms with E-state index in [4.69, 9.17) is 0 Å². The monoisotopic (exact) mass is 478 g/mol. The van der Waals surface area contributed by atoms with Gasteiger partial charge in [-0.1, -0.05) is 54.2 Å². The number of amides is 1. The van der Waals surface area contributed by atoms with E-state index in [0.29, 0.717) is 22.6 Å². The summed E-state index contributed by atoms with van der Waals surface area (Å²) in [6.45, 7) is 3.13. The van der Waals surface area contributed by atoms with Gasteiger partial charge in [0, 0.05) is 22.9 Å². The molecule has 0 aliphatic heterocycles. The highest BCUT2D eigenvalue weighted by Crippen LogP contribution is 2.31. The smallest absolute Gasteiger partial charge is 0.237 e. The summed E-state index contributed by atoms with van der Waals surface area (Å²) in [5.41, 5.74) is 1.72. The van der Waals surface area contributed by atoms with Crippen molar-refractivity contribution in [2.75, 3.05) is 5.32 Å². The number of nitrogens with one attached hydrogen (secondary N) is 1. The van der Waals surface area contributed by atoms with Gasteiger partial charge in [-0.05, 0) is 38.1 Å². The Balaban J connectivity index is 1.65. The molecule has 1 unspecified atom stereocenters. The normalized spacial score (nSPS) is 11.8. The molecular formula is C25H20F2N4O2S. The average molecular weight is 479 g/mol. The van der Waals surface area contributed by atoms with Crippen LogP contribution in [0.2, 0.25) is 0 Å². The summed E-state index contributed by atoms with van der Waals surface area (Å²) < 4.78 is 29.8. The van der Waals surface area contributed by atoms with Gasteiger partial charge in [0.2, 0.25) is 5.91 Å². The number of benzene rings is 3. The molecule has 34 heavy (non-hydrogen) atoms. The van der Waals surface area contributed by atoms with Crippen molar-refractivity contribution in [2.24, 2.45) is 0 Å². The molecule has 1 atom stereocenters. The van der Waals surface area contributed by atoms with Crippen LogP contribution >= 0.6 is 11.8 Å². The van der Waals surface area contributed by atoms with Gasteiger partial charge in [0.15, 0.2) is 16.8 Å². The lowest BCUT2D eigenvalue weighted by molar-refractivity contribution is -0.115. The van der Waals surface area contributed by atoms with Gasteiger partial charge in [0.1, 0.15) is 11.6 Å². The summed E-state index contributed by atoms with van der Waals surface area (Å²) in [5, 5.41) is 10.8. The standard InChI is InChI=1S/C25H20F2N4O2S/c1-15(32)18-9-6-10-20(13-18)28-24(33)16(2)34-25-30-29-23(17-7-4-3-5-8-17)31(25)22-12-11-19(26)14-21(22)27/h3-14,16H,1-2H3,(H,28,33). The zero-order chi connectivity index (χ0) is 24.2. The third-order valence-electron chi connectivity index (χ3n) is 5.00. The summed E-state index contributed by atoms with van der Waals surface area (Å²) in [4.78, 5) is 24.4. The lowest BCUT2D eigenvalue weighted by Crippen LogP contribution is -2.23. The van der Waals surface area contributed by atoms with Crippen LogP contribution in [-0.4, -0.2) is 31.7 Å². The van der Waals surface area contributed by atoms with E-state index < -0.39 is 16.9 Å². The van der Waals surface area contributed by atoms with Crippen molar-refractivity contribution in [2.45, 2.75) is 24.3 Å². The van der Waals surface area contributed by atoms with Crippen molar-refractivity contribution >= 4 is 29.1 Å². The fourth-order valence-electron chi connectivity index (χ4n) is 3.27. The number of carbonyl (C=O) groups excluding carboxylic acids is 2. The third-order valence-corrected chi connectivity index (χ3v) is 6.05. The van der Waals surface area contributed by atoms with E-state index in [1.165, 1.54) is 17.6 Å². The lowest BCUT2D eigenvalue weighted by atomic mass is 10.1. The molecule has 0 aliphatic carbocycles. The second-order valence-corrected chi connectivity index (χ2v) is 8.80. The SMILES string of the molecule is CC(=O)c1cccc(NC(=O)C(C)Sc2nnc(-c3ccccc3)n2-c2ccc(F)cc2F)c1. The lowest BCUT2D eigenvalue weighted by Gasteiger charge is -2.15. The molecule has 9 heteroatoms. The van der Waals surface area contributed by atoms with Gasteiger partial charge in [0.25, 0.3) is 0 Å². The molecule has 1 N–H and O–H groups in total. The number of hydrogen-bond acceptors (Lipinski definition) is 5. The number of aromatic nitrogens is 3. The Bertz CT molecular complexity index is 1360. The minimum absolute atomic E-state index is 0.0644. The minimum atomic E-state index is -0.781. The molecule has 1 aromatic heterocycles. The van der Waals surface area contributed by atoms with E-state index in [1.54, 1.807) is 43.3 Å². The van der Waals surface area contributed by atoms with Crippen molar-refractivity contribution in [3.05, 3.63) is 90.0 Å². The highest BCUT2D eigenvalue weighted by Gasteiger charge is 2.23. The Kier molecular flexibility index (Phi) is 6.83. The Labute approximate surface area is 199 Å². The van der Waals surface area contributed by atoms with Gasteiger partial charge in [-0.25, -0.2) is 8.78 Å². The second kappa shape index (κ2) is 9.96. The van der Waals surface area contributed by atoms with Crippen LogP contribution in [-0.2, 0) is 4.79 Å². The van der Waals surface area contributed by atoms with Crippen LogP contribution in [0.15, 0.2) is 78.0 Å². The maximum Gasteiger partial charge on any atom is 0.237 e. The van der Waals surface area contributed by atoms with Gasteiger partial charge in [-0.2, -0.15) is 0 Å². The number of Topliss-reactive ketones (excluding diaryl/α,β-unsaturated/α-hetero) is 1. The molecule has 3 aromatic carbocycles. The van der Waals surface area contributed by atoms with Crippen LogP contribution in [0, 0.1) is 11.6 Å². The molecule has 0 saturated heterocycles. The fraction of sp³-hybridized carbons (Fsp3) is 0.120. The molecule has 0 aliphatic rings. The molecule has 6 nitrogen and oxygen atoms in total. The summed E-state index contributed by atoms with van der Waals surface area (Å²) in [5.74, 6) is -1.57. The van der Waals surface area contributed by atoms with Crippen LogP contribution in [0.4, 0.5) is 14.5 Å². The van der Waals surface area contributed by atoms with Crippen LogP contribution in [0.3, 0.4) is 0 Å². The first-order chi connectivity index (χ1) is 16.3. The van der Waals surface area contributed by atoms with Crippen molar-refractivity contribution in [3.63, 3.8) is 0 Å². The highest BCUT2D eigenvalue weighted by molar-refractivity contribution is 8.00. The van der Waals surface area contributed by atoms with Crippen LogP contribution in [0.25, 0.3) is 17.1 Å². The molecular weight excluding hydrogens is 458 g/mol. The van der Waals surface area contributed by atoms with Crippen molar-refractivity contribution in [1.82, 2.24) is 14.8 Å². The minimum Gasteiger partial charge on any atom is -0.325 e. The molecule has 0 radical (unpaired) electrons. The maximum absolute atomic E-state index is 14.7. The number of ketones is 1. The van der Waals surface area contributed by atoms with Crippen LogP contribution < -0.4 is 5.32 Å². The maximum atomic E-state index is 14.7. The largest absolute Gasteiger partial charge is 0.325 e. The van der Waals surface area contributed by atoms with Crippen molar-refractivity contribution in [3.8, 4) is 17.1 Å². The van der Waals surface area contributed by atoms with Gasteiger partial charge < -0.3 is 5.32 Å². The second-order valence-electron chi connectivity index (χ2n) is 7.49. The van der Waals surface area contributed by atoms with Crippen molar-refractivity contribution in [1.29, 1.82) is 0 Å². The first-order valence-corrected chi connectivity index (χ1v) is 11.3. The number of halogens is 2. The molecule has 4 rings (SSSR count). The Hall–Kier alpha value is -3.85. The first-order valence-electron chi connectivity index (χ1n) is 10.4. The molecule has 172 valence electrons. The number of rotatable bonds is 7. The summed E-state index contributed by atoms with van der Waals surface area (Å²) in [6.07, 6.45) is 0. The quantitative estimate of drug-likeness (QED) is 0.279. The average Bonchev–Trinajstić information content (AvgIpc) is 3.23. The van der Waals surface area contributed by atoms with Gasteiger partial charge in [-0.3, -0.25) is 14.2 Å². The first kappa shape index (κ1) is 23.3.